The van der Waals surface area contributed by atoms with Gasteiger partial charge in [-0.1, -0.05) is 21.8 Å². The van der Waals surface area contributed by atoms with Gasteiger partial charge in [-0.25, -0.2) is 4.99 Å². The third-order valence-electron chi connectivity index (χ3n) is 3.27. The van der Waals surface area contributed by atoms with Crippen molar-refractivity contribution in [3.8, 4) is 0 Å². The van der Waals surface area contributed by atoms with E-state index in [-0.39, 0.29) is 7.92 Å². The molecule has 2 rings (SSSR count). The topological polar surface area (TPSA) is 21.6 Å². The molecule has 80 valence electrons. The van der Waals surface area contributed by atoms with Crippen molar-refractivity contribution >= 4 is 13.8 Å². The summed E-state index contributed by atoms with van der Waals surface area (Å²) < 4.78 is 5.75. The molecule has 3 heteroatoms. The third kappa shape index (κ3) is 1.95. The van der Waals surface area contributed by atoms with Crippen LogP contribution in [0.25, 0.3) is 0 Å². The number of ether oxygens (including phenoxy) is 1. The summed E-state index contributed by atoms with van der Waals surface area (Å²) in [5, 5.41) is 0. The van der Waals surface area contributed by atoms with Crippen LogP contribution in [-0.2, 0) is 4.74 Å². The summed E-state index contributed by atoms with van der Waals surface area (Å²) >= 11 is 0. The zero-order chi connectivity index (χ0) is 10.1. The molecule has 0 spiro atoms. The summed E-state index contributed by atoms with van der Waals surface area (Å²) in [6.45, 7) is 7.67. The van der Waals surface area contributed by atoms with Crippen LogP contribution in [0.5, 0.6) is 0 Å². The van der Waals surface area contributed by atoms with E-state index in [1.165, 1.54) is 19.0 Å². The molecular weight excluding hydrogens is 193 g/mol. The first kappa shape index (κ1) is 10.4. The Morgan fingerprint density at radius 1 is 1.50 bits per heavy atom. The predicted octanol–water partition coefficient (Wildman–Crippen LogP) is 2.71. The van der Waals surface area contributed by atoms with Crippen molar-refractivity contribution in [2.75, 3.05) is 19.4 Å². The highest BCUT2D eigenvalue weighted by Gasteiger charge is 2.33. The van der Waals surface area contributed by atoms with Crippen LogP contribution in [0.15, 0.2) is 4.99 Å². The Hall–Kier alpha value is -0.100. The first-order chi connectivity index (χ1) is 6.68. The van der Waals surface area contributed by atoms with Crippen LogP contribution in [0, 0.1) is 5.92 Å². The summed E-state index contributed by atoms with van der Waals surface area (Å²) in [5.41, 5.74) is 0.689. The fraction of sp³-hybridized carbons (Fsp3) is 0.909. The van der Waals surface area contributed by atoms with E-state index >= 15 is 0 Å². The van der Waals surface area contributed by atoms with E-state index in [9.17, 15) is 0 Å². The molecule has 14 heavy (non-hydrogen) atoms. The molecule has 0 amide bonds. The van der Waals surface area contributed by atoms with E-state index < -0.39 is 0 Å². The molecule has 0 aromatic heterocycles. The van der Waals surface area contributed by atoms with Gasteiger partial charge >= 0.3 is 0 Å². The molecule has 2 aliphatic rings. The molecule has 1 fully saturated rings. The van der Waals surface area contributed by atoms with Crippen molar-refractivity contribution < 1.29 is 4.74 Å². The SMILES string of the molecule is CC(C)[C@H]1COC([C@H]2CCC[P@@]2C)=N1. The lowest BCUT2D eigenvalue weighted by atomic mass is 10.1. The molecular formula is C11H20NOP. The summed E-state index contributed by atoms with van der Waals surface area (Å²) in [5.74, 6) is 1.71. The summed E-state index contributed by atoms with van der Waals surface area (Å²) in [4.78, 5) is 4.73. The van der Waals surface area contributed by atoms with Crippen LogP contribution in [0.2, 0.25) is 0 Å². The highest BCUT2D eigenvalue weighted by molar-refractivity contribution is 7.59. The van der Waals surface area contributed by atoms with Crippen molar-refractivity contribution in [2.24, 2.45) is 10.9 Å². The minimum atomic E-state index is 0.166. The number of aliphatic imine (C=N–C) groups is 1. The van der Waals surface area contributed by atoms with Gasteiger partial charge in [0.15, 0.2) is 5.90 Å². The number of rotatable bonds is 2. The van der Waals surface area contributed by atoms with E-state index in [2.05, 4.69) is 20.5 Å². The summed E-state index contributed by atoms with van der Waals surface area (Å²) in [6, 6.07) is 0.425. The molecule has 0 aliphatic carbocycles. The first-order valence-corrected chi connectivity index (χ1v) is 7.63. The fourth-order valence-electron chi connectivity index (χ4n) is 2.15. The molecule has 0 aromatic rings. The van der Waals surface area contributed by atoms with Crippen LogP contribution in [0.1, 0.15) is 26.7 Å². The summed E-state index contributed by atoms with van der Waals surface area (Å²) in [7, 11) is 0.166. The molecule has 3 atom stereocenters. The van der Waals surface area contributed by atoms with Gasteiger partial charge < -0.3 is 4.74 Å². The molecule has 2 nitrogen and oxygen atoms in total. The Morgan fingerprint density at radius 3 is 2.79 bits per heavy atom. The van der Waals surface area contributed by atoms with Gasteiger partial charge in [-0.15, -0.1) is 0 Å². The van der Waals surface area contributed by atoms with Crippen LogP contribution in [0.4, 0.5) is 0 Å². The second-order valence-electron chi connectivity index (χ2n) is 4.73. The zero-order valence-corrected chi connectivity index (χ0v) is 10.3. The third-order valence-corrected chi connectivity index (χ3v) is 5.83. The average Bonchev–Trinajstić information content (AvgIpc) is 2.71. The quantitative estimate of drug-likeness (QED) is 0.646. The van der Waals surface area contributed by atoms with Crippen molar-refractivity contribution in [1.29, 1.82) is 0 Å². The Balaban J connectivity index is 2.02. The minimum Gasteiger partial charge on any atom is -0.478 e. The Morgan fingerprint density at radius 2 is 2.29 bits per heavy atom. The molecule has 2 heterocycles. The lowest BCUT2D eigenvalue weighted by molar-refractivity contribution is 0.286. The second-order valence-corrected chi connectivity index (χ2v) is 7.31. The fourth-order valence-corrected chi connectivity index (χ4v) is 4.29. The highest BCUT2D eigenvalue weighted by Crippen LogP contribution is 2.48. The Kier molecular flexibility index (Phi) is 3.11. The molecule has 0 radical (unpaired) electrons. The van der Waals surface area contributed by atoms with Gasteiger partial charge in [0.25, 0.3) is 0 Å². The molecule has 0 aromatic carbocycles. The van der Waals surface area contributed by atoms with Crippen molar-refractivity contribution in [2.45, 2.75) is 38.4 Å². The molecule has 0 N–H and O–H groups in total. The van der Waals surface area contributed by atoms with Gasteiger partial charge in [-0.3, -0.25) is 0 Å². The van der Waals surface area contributed by atoms with Crippen molar-refractivity contribution in [1.82, 2.24) is 0 Å². The molecule has 2 aliphatic heterocycles. The lowest BCUT2D eigenvalue weighted by Gasteiger charge is -2.14. The maximum absolute atomic E-state index is 5.75. The second kappa shape index (κ2) is 4.18. The van der Waals surface area contributed by atoms with Crippen LogP contribution in [0.3, 0.4) is 0 Å². The van der Waals surface area contributed by atoms with Gasteiger partial charge in [0.1, 0.15) is 6.61 Å². The smallest absolute Gasteiger partial charge is 0.191 e. The Labute approximate surface area is 87.9 Å². The highest BCUT2D eigenvalue weighted by atomic mass is 31.1. The van der Waals surface area contributed by atoms with E-state index in [1.807, 2.05) is 0 Å². The van der Waals surface area contributed by atoms with E-state index in [0.29, 0.717) is 17.6 Å². The predicted molar refractivity (Wildman–Crippen MR) is 62.7 cm³/mol. The van der Waals surface area contributed by atoms with Gasteiger partial charge in [0.2, 0.25) is 0 Å². The zero-order valence-electron chi connectivity index (χ0n) is 9.36. The Bertz CT molecular complexity index is 239. The number of nitrogens with zero attached hydrogens (tertiary/aromatic N) is 1. The maximum Gasteiger partial charge on any atom is 0.191 e. The van der Waals surface area contributed by atoms with Gasteiger partial charge in [-0.2, -0.15) is 0 Å². The van der Waals surface area contributed by atoms with Gasteiger partial charge in [0.05, 0.1) is 11.7 Å². The number of hydrogen-bond donors (Lipinski definition) is 0. The minimum absolute atomic E-state index is 0.166. The molecule has 1 saturated heterocycles. The molecule has 0 saturated carbocycles. The van der Waals surface area contributed by atoms with E-state index in [0.717, 1.165) is 12.5 Å². The van der Waals surface area contributed by atoms with Gasteiger partial charge in [0, 0.05) is 0 Å². The normalized spacial score (nSPS) is 37.4. The standard InChI is InChI=1S/C11H20NOP/c1-8(2)9-7-13-11(12-9)10-5-4-6-14(10)3/h8-10H,4-7H2,1-3H3/t9-,10-,14-/m1/s1. The van der Waals surface area contributed by atoms with Crippen LogP contribution < -0.4 is 0 Å². The molecule has 0 bridgehead atoms. The van der Waals surface area contributed by atoms with E-state index in [1.54, 1.807) is 0 Å². The van der Waals surface area contributed by atoms with Gasteiger partial charge in [-0.05, 0) is 31.6 Å². The van der Waals surface area contributed by atoms with Crippen LogP contribution >= 0.6 is 7.92 Å². The van der Waals surface area contributed by atoms with Crippen molar-refractivity contribution in [3.63, 3.8) is 0 Å². The molecule has 0 unspecified atom stereocenters. The van der Waals surface area contributed by atoms with Crippen LogP contribution in [-0.4, -0.2) is 37.0 Å². The van der Waals surface area contributed by atoms with E-state index in [4.69, 9.17) is 9.73 Å². The average molecular weight is 213 g/mol. The first-order valence-electron chi connectivity index (χ1n) is 5.59. The largest absolute Gasteiger partial charge is 0.478 e. The monoisotopic (exact) mass is 213 g/mol. The maximum atomic E-state index is 5.75. The van der Waals surface area contributed by atoms with Crippen molar-refractivity contribution in [3.05, 3.63) is 0 Å². The number of hydrogen-bond acceptors (Lipinski definition) is 2. The summed E-state index contributed by atoms with van der Waals surface area (Å²) in [6.07, 6.45) is 4.10. The lowest BCUT2D eigenvalue weighted by Crippen LogP contribution is -2.15.